The Labute approximate surface area is 104 Å². The average molecular weight is 306 g/mol. The third-order valence-corrected chi connectivity index (χ3v) is 2.38. The molecule has 0 aromatic heterocycles. The first kappa shape index (κ1) is 13.6. The van der Waals surface area contributed by atoms with E-state index in [1.54, 1.807) is 24.3 Å². The number of benzene rings is 1. The van der Waals surface area contributed by atoms with Crippen molar-refractivity contribution in [1.29, 1.82) is 0 Å². The smallest absolute Gasteiger partial charge is 0.170 e. The number of alkyl halides is 3. The molecule has 90 valence electrons. The molecule has 0 N–H and O–H groups in total. The fourth-order valence-electron chi connectivity index (χ4n) is 1.04. The van der Waals surface area contributed by atoms with E-state index in [1.807, 2.05) is 0 Å². The van der Waals surface area contributed by atoms with E-state index in [0.717, 1.165) is 10.5 Å². The Hall–Kier alpha value is -1.46. The fourth-order valence-corrected chi connectivity index (χ4v) is 1.31. The molecule has 1 unspecified atom stereocenters. The predicted octanol–water partition coefficient (Wildman–Crippen LogP) is 4.70. The molecule has 0 spiro atoms. The second kappa shape index (κ2) is 5.75. The molecule has 0 amide bonds. The van der Waals surface area contributed by atoms with E-state index < -0.39 is 12.2 Å². The number of hydrogen-bond donors (Lipinski definition) is 0. The van der Waals surface area contributed by atoms with E-state index in [0.29, 0.717) is 5.56 Å². The van der Waals surface area contributed by atoms with Crippen LogP contribution in [0, 0.1) is 0 Å². The maximum atomic E-state index is 12.4. The van der Waals surface area contributed by atoms with Crippen molar-refractivity contribution in [2.24, 2.45) is 5.11 Å². The van der Waals surface area contributed by atoms with Crippen LogP contribution in [0.1, 0.15) is 5.56 Å². The molecule has 7 heteroatoms. The Balaban J connectivity index is 2.87. The van der Waals surface area contributed by atoms with Crippen LogP contribution in [0.3, 0.4) is 0 Å². The highest BCUT2D eigenvalue weighted by atomic mass is 79.9. The second-order valence-electron chi connectivity index (χ2n) is 3.10. The molecule has 1 rings (SSSR count). The Bertz CT molecular complexity index is 447. The number of azide groups is 1. The summed E-state index contributed by atoms with van der Waals surface area (Å²) in [6.07, 6.45) is -2.49. The summed E-state index contributed by atoms with van der Waals surface area (Å²) in [5, 5.41) is 2.69. The maximum absolute atomic E-state index is 12.4. The highest BCUT2D eigenvalue weighted by Gasteiger charge is 2.36. The van der Waals surface area contributed by atoms with Crippen LogP contribution in [-0.2, 0) is 0 Å². The lowest BCUT2D eigenvalue weighted by Gasteiger charge is -2.10. The Morgan fingerprint density at radius 2 is 1.88 bits per heavy atom. The van der Waals surface area contributed by atoms with Gasteiger partial charge in [-0.3, -0.25) is 0 Å². The number of rotatable bonds is 3. The van der Waals surface area contributed by atoms with Gasteiger partial charge in [-0.25, -0.2) is 0 Å². The minimum Gasteiger partial charge on any atom is -0.170 e. The van der Waals surface area contributed by atoms with E-state index in [1.165, 1.54) is 6.08 Å². The summed E-state index contributed by atoms with van der Waals surface area (Å²) in [5.41, 5.74) is 8.64. The molecule has 0 aliphatic carbocycles. The molecule has 0 radical (unpaired) electrons. The van der Waals surface area contributed by atoms with Crippen molar-refractivity contribution in [3.63, 3.8) is 0 Å². The molecule has 1 atom stereocenters. The first-order valence-electron chi connectivity index (χ1n) is 4.48. The maximum Gasteiger partial charge on any atom is 0.400 e. The third kappa shape index (κ3) is 4.50. The van der Waals surface area contributed by atoms with Gasteiger partial charge in [0.05, 0.1) is 0 Å². The largest absolute Gasteiger partial charge is 0.400 e. The monoisotopic (exact) mass is 305 g/mol. The highest BCUT2D eigenvalue weighted by Crippen LogP contribution is 2.25. The molecule has 1 aromatic rings. The first-order chi connectivity index (χ1) is 7.93. The fraction of sp³-hybridized carbons (Fsp3) is 0.200. The lowest BCUT2D eigenvalue weighted by Crippen LogP contribution is -2.24. The SMILES string of the molecule is [N-]=[N+]=NC(C=Cc1ccc(Br)cc1)C(F)(F)F. The van der Waals surface area contributed by atoms with E-state index >= 15 is 0 Å². The number of hydrogen-bond acceptors (Lipinski definition) is 1. The molecule has 1 aromatic carbocycles. The summed E-state index contributed by atoms with van der Waals surface area (Å²) in [6, 6.07) is 4.55. The standard InChI is InChI=1S/C10H7BrF3N3/c11-8-4-1-7(2-5-8)3-6-9(16-17-15)10(12,13)14/h1-6,9H. The van der Waals surface area contributed by atoms with Gasteiger partial charge in [0.2, 0.25) is 0 Å². The van der Waals surface area contributed by atoms with Crippen LogP contribution in [-0.4, -0.2) is 12.2 Å². The van der Waals surface area contributed by atoms with Gasteiger partial charge in [0.1, 0.15) is 0 Å². The lowest BCUT2D eigenvalue weighted by molar-refractivity contribution is -0.136. The summed E-state index contributed by atoms with van der Waals surface area (Å²) in [4.78, 5) is 2.18. The summed E-state index contributed by atoms with van der Waals surface area (Å²) in [7, 11) is 0. The molecular formula is C10H7BrF3N3. The quantitative estimate of drug-likeness (QED) is 0.441. The molecule has 0 saturated heterocycles. The normalized spacial score (nSPS) is 13.4. The van der Waals surface area contributed by atoms with Gasteiger partial charge in [-0.05, 0) is 23.2 Å². The van der Waals surface area contributed by atoms with Gasteiger partial charge in [0, 0.05) is 9.38 Å². The van der Waals surface area contributed by atoms with Crippen molar-refractivity contribution in [1.82, 2.24) is 0 Å². The van der Waals surface area contributed by atoms with Gasteiger partial charge < -0.3 is 0 Å². The van der Waals surface area contributed by atoms with Crippen molar-refractivity contribution in [2.45, 2.75) is 12.2 Å². The van der Waals surface area contributed by atoms with Crippen molar-refractivity contribution in [3.05, 3.63) is 50.8 Å². The molecule has 0 heterocycles. The van der Waals surface area contributed by atoms with E-state index in [2.05, 4.69) is 26.0 Å². The average Bonchev–Trinajstić information content (AvgIpc) is 2.25. The summed E-state index contributed by atoms with van der Waals surface area (Å²) < 4.78 is 37.9. The first-order valence-corrected chi connectivity index (χ1v) is 5.27. The Morgan fingerprint density at radius 3 is 2.35 bits per heavy atom. The summed E-state index contributed by atoms with van der Waals surface area (Å²) >= 11 is 3.21. The zero-order valence-electron chi connectivity index (χ0n) is 8.39. The highest BCUT2D eigenvalue weighted by molar-refractivity contribution is 9.10. The Kier molecular flexibility index (Phi) is 4.60. The summed E-state index contributed by atoms with van der Waals surface area (Å²) in [6.45, 7) is 0. The molecule has 0 fully saturated rings. The van der Waals surface area contributed by atoms with Crippen molar-refractivity contribution in [2.75, 3.05) is 0 Å². The van der Waals surface area contributed by atoms with Gasteiger partial charge in [-0.1, -0.05) is 45.3 Å². The zero-order valence-corrected chi connectivity index (χ0v) is 9.98. The van der Waals surface area contributed by atoms with Crippen LogP contribution in [0.2, 0.25) is 0 Å². The number of nitrogens with zero attached hydrogens (tertiary/aromatic N) is 3. The molecule has 17 heavy (non-hydrogen) atoms. The van der Waals surface area contributed by atoms with Gasteiger partial charge in [-0.2, -0.15) is 13.2 Å². The van der Waals surface area contributed by atoms with Crippen LogP contribution in [0.4, 0.5) is 13.2 Å². The molecule has 0 saturated carbocycles. The van der Waals surface area contributed by atoms with Crippen LogP contribution < -0.4 is 0 Å². The molecular weight excluding hydrogens is 299 g/mol. The van der Waals surface area contributed by atoms with Crippen molar-refractivity contribution >= 4 is 22.0 Å². The molecule has 0 aliphatic rings. The molecule has 0 bridgehead atoms. The zero-order chi connectivity index (χ0) is 12.9. The third-order valence-electron chi connectivity index (χ3n) is 1.85. The van der Waals surface area contributed by atoms with Crippen LogP contribution in [0.5, 0.6) is 0 Å². The number of halogens is 4. The topological polar surface area (TPSA) is 48.8 Å². The molecule has 0 aliphatic heterocycles. The van der Waals surface area contributed by atoms with E-state index in [9.17, 15) is 13.2 Å². The van der Waals surface area contributed by atoms with Crippen molar-refractivity contribution < 1.29 is 13.2 Å². The van der Waals surface area contributed by atoms with Crippen LogP contribution >= 0.6 is 15.9 Å². The van der Waals surface area contributed by atoms with E-state index in [4.69, 9.17) is 5.53 Å². The minimum absolute atomic E-state index is 0.593. The predicted molar refractivity (Wildman–Crippen MR) is 62.2 cm³/mol. The van der Waals surface area contributed by atoms with Gasteiger partial charge >= 0.3 is 6.18 Å². The van der Waals surface area contributed by atoms with Crippen LogP contribution in [0.15, 0.2) is 39.9 Å². The minimum atomic E-state index is -4.57. The van der Waals surface area contributed by atoms with Gasteiger partial charge in [0.25, 0.3) is 0 Å². The van der Waals surface area contributed by atoms with Gasteiger partial charge in [0.15, 0.2) is 6.04 Å². The summed E-state index contributed by atoms with van der Waals surface area (Å²) in [5.74, 6) is 0. The Morgan fingerprint density at radius 1 is 1.29 bits per heavy atom. The van der Waals surface area contributed by atoms with Crippen molar-refractivity contribution in [3.8, 4) is 0 Å². The van der Waals surface area contributed by atoms with Gasteiger partial charge in [-0.15, -0.1) is 0 Å². The second-order valence-corrected chi connectivity index (χ2v) is 4.02. The van der Waals surface area contributed by atoms with E-state index in [-0.39, 0.29) is 0 Å². The van der Waals surface area contributed by atoms with Crippen LogP contribution in [0.25, 0.3) is 16.5 Å². The lowest BCUT2D eigenvalue weighted by atomic mass is 10.2. The molecule has 3 nitrogen and oxygen atoms in total.